The third-order valence-electron chi connectivity index (χ3n) is 4.45. The summed E-state index contributed by atoms with van der Waals surface area (Å²) >= 11 is 11.9. The maximum atomic E-state index is 11.4. The summed E-state index contributed by atoms with van der Waals surface area (Å²) in [5.41, 5.74) is 1.94. The Kier molecular flexibility index (Phi) is 5.51. The number of aryl methyl sites for hydroxylation is 1. The van der Waals surface area contributed by atoms with Crippen LogP contribution in [0.1, 0.15) is 34.7 Å². The third kappa shape index (κ3) is 3.83. The van der Waals surface area contributed by atoms with Crippen LogP contribution in [0.5, 0.6) is 0 Å². The van der Waals surface area contributed by atoms with Gasteiger partial charge in [0.2, 0.25) is 0 Å². The van der Waals surface area contributed by atoms with Crippen LogP contribution in [0.25, 0.3) is 0 Å². The Morgan fingerprint density at radius 3 is 1.93 bits per heavy atom. The van der Waals surface area contributed by atoms with Crippen molar-refractivity contribution in [2.45, 2.75) is 26.0 Å². The summed E-state index contributed by atoms with van der Waals surface area (Å²) in [5, 5.41) is 28.0. The molecule has 6 nitrogen and oxygen atoms in total. The summed E-state index contributed by atoms with van der Waals surface area (Å²) < 4.78 is 1.50. The van der Waals surface area contributed by atoms with Gasteiger partial charge in [-0.2, -0.15) is 5.10 Å². The molecule has 0 bridgehead atoms. The highest BCUT2D eigenvalue weighted by Gasteiger charge is 2.31. The molecule has 0 spiro atoms. The predicted octanol–water partition coefficient (Wildman–Crippen LogP) is 5.04. The lowest BCUT2D eigenvalue weighted by Crippen LogP contribution is -2.21. The molecule has 1 N–H and O–H groups in total. The first-order valence-corrected chi connectivity index (χ1v) is 8.94. The summed E-state index contributed by atoms with van der Waals surface area (Å²) in [6.45, 7) is 3.20. The van der Waals surface area contributed by atoms with Crippen molar-refractivity contribution < 1.29 is 10.0 Å². The number of aromatic nitrogens is 2. The summed E-state index contributed by atoms with van der Waals surface area (Å²) in [6, 6.07) is 13.1. The Bertz CT molecular complexity index is 969. The van der Waals surface area contributed by atoms with Crippen LogP contribution in [0.3, 0.4) is 0 Å². The topological polar surface area (TPSA) is 81.2 Å². The van der Waals surface area contributed by atoms with Crippen molar-refractivity contribution >= 4 is 28.9 Å². The molecule has 27 heavy (non-hydrogen) atoms. The summed E-state index contributed by atoms with van der Waals surface area (Å²) in [4.78, 5) is 10.9. The molecule has 0 fully saturated rings. The van der Waals surface area contributed by atoms with E-state index in [2.05, 4.69) is 5.10 Å². The van der Waals surface area contributed by atoms with Gasteiger partial charge in [0.25, 0.3) is 0 Å². The van der Waals surface area contributed by atoms with Crippen molar-refractivity contribution in [3.8, 4) is 0 Å². The normalized spacial score (nSPS) is 13.4. The molecule has 2 atom stereocenters. The van der Waals surface area contributed by atoms with Crippen LogP contribution in [-0.4, -0.2) is 19.8 Å². The van der Waals surface area contributed by atoms with Gasteiger partial charge in [0, 0.05) is 10.0 Å². The lowest BCUT2D eigenvalue weighted by molar-refractivity contribution is -0.386. The molecular weight excluding hydrogens is 389 g/mol. The Morgan fingerprint density at radius 1 is 1.00 bits per heavy atom. The Labute approximate surface area is 166 Å². The molecule has 3 aromatic rings. The molecule has 1 heterocycles. The minimum atomic E-state index is -0.999. The first-order valence-electron chi connectivity index (χ1n) is 8.18. The van der Waals surface area contributed by atoms with E-state index in [1.54, 1.807) is 62.4 Å². The number of hydrogen-bond acceptors (Lipinski definition) is 4. The monoisotopic (exact) mass is 405 g/mol. The second-order valence-corrected chi connectivity index (χ2v) is 7.09. The molecule has 1 aromatic heterocycles. The summed E-state index contributed by atoms with van der Waals surface area (Å²) in [7, 11) is 0. The van der Waals surface area contributed by atoms with Gasteiger partial charge < -0.3 is 5.11 Å². The smallest absolute Gasteiger partial charge is 0.312 e. The molecule has 8 heteroatoms. The molecule has 0 aliphatic carbocycles. The molecule has 0 aliphatic rings. The van der Waals surface area contributed by atoms with Crippen LogP contribution in [0.2, 0.25) is 10.0 Å². The van der Waals surface area contributed by atoms with Crippen LogP contribution in [0, 0.1) is 24.0 Å². The molecule has 0 saturated carbocycles. The van der Waals surface area contributed by atoms with E-state index in [4.69, 9.17) is 23.2 Å². The van der Waals surface area contributed by atoms with E-state index in [9.17, 15) is 15.2 Å². The average Bonchev–Trinajstić information content (AvgIpc) is 2.91. The van der Waals surface area contributed by atoms with Crippen molar-refractivity contribution in [3.63, 3.8) is 0 Å². The minimum Gasteiger partial charge on any atom is -0.386 e. The zero-order valence-electron chi connectivity index (χ0n) is 14.6. The molecule has 0 radical (unpaired) electrons. The molecular formula is C19H17Cl2N3O3. The third-order valence-corrected chi connectivity index (χ3v) is 4.96. The number of hydrogen-bond donors (Lipinski definition) is 1. The van der Waals surface area contributed by atoms with Crippen molar-refractivity contribution in [2.24, 2.45) is 0 Å². The lowest BCUT2D eigenvalue weighted by Gasteiger charge is -2.25. The fraction of sp³-hybridized carbons (Fsp3) is 0.211. The van der Waals surface area contributed by atoms with Crippen molar-refractivity contribution in [1.82, 2.24) is 9.78 Å². The molecule has 3 rings (SSSR count). The van der Waals surface area contributed by atoms with Crippen molar-refractivity contribution in [3.05, 3.63) is 91.2 Å². The van der Waals surface area contributed by atoms with Gasteiger partial charge in [-0.1, -0.05) is 47.5 Å². The van der Waals surface area contributed by atoms with E-state index < -0.39 is 17.1 Å². The van der Waals surface area contributed by atoms with Crippen LogP contribution in [0.4, 0.5) is 5.69 Å². The van der Waals surface area contributed by atoms with Crippen LogP contribution in [-0.2, 0) is 0 Å². The number of nitro groups is 1. The number of rotatable bonds is 5. The molecule has 140 valence electrons. The highest BCUT2D eigenvalue weighted by molar-refractivity contribution is 6.30. The highest BCUT2D eigenvalue weighted by atomic mass is 35.5. The van der Waals surface area contributed by atoms with E-state index in [0.717, 1.165) is 5.56 Å². The number of nitrogens with zero attached hydrogens (tertiary/aromatic N) is 3. The fourth-order valence-electron chi connectivity index (χ4n) is 3.15. The van der Waals surface area contributed by atoms with Gasteiger partial charge in [-0.25, -0.2) is 0 Å². The quantitative estimate of drug-likeness (QED) is 0.476. The van der Waals surface area contributed by atoms with E-state index in [-0.39, 0.29) is 5.69 Å². The molecule has 2 aromatic carbocycles. The predicted molar refractivity (Wildman–Crippen MR) is 104 cm³/mol. The standard InChI is InChI=1S/C19H17Cl2N3O3/c1-11-17(24(26)27)12(2)23(22-11)18(13-3-7-15(20)8-4-13)19(25)14-5-9-16(21)10-6-14/h3-10,18-19,25H,1-2H3/t18-,19-/m1/s1. The number of benzene rings is 2. The first kappa shape index (κ1) is 19.4. The van der Waals surface area contributed by atoms with E-state index >= 15 is 0 Å². The maximum Gasteiger partial charge on any atom is 0.312 e. The molecule has 0 unspecified atom stereocenters. The number of aliphatic hydroxyl groups is 1. The van der Waals surface area contributed by atoms with Gasteiger partial charge in [0.15, 0.2) is 0 Å². The first-order chi connectivity index (χ1) is 12.8. The van der Waals surface area contributed by atoms with Gasteiger partial charge >= 0.3 is 5.69 Å². The van der Waals surface area contributed by atoms with Crippen molar-refractivity contribution in [2.75, 3.05) is 0 Å². The highest BCUT2D eigenvalue weighted by Crippen LogP contribution is 2.36. The van der Waals surface area contributed by atoms with E-state index in [1.165, 1.54) is 4.68 Å². The van der Waals surface area contributed by atoms with Crippen LogP contribution < -0.4 is 0 Å². The van der Waals surface area contributed by atoms with E-state index in [1.807, 2.05) is 0 Å². The Balaban J connectivity index is 2.16. The van der Waals surface area contributed by atoms with E-state index in [0.29, 0.717) is 27.0 Å². The van der Waals surface area contributed by atoms with Gasteiger partial charge in [-0.15, -0.1) is 0 Å². The second-order valence-electron chi connectivity index (χ2n) is 6.21. The number of aliphatic hydroxyl groups excluding tert-OH is 1. The maximum absolute atomic E-state index is 11.4. The average molecular weight is 406 g/mol. The fourth-order valence-corrected chi connectivity index (χ4v) is 3.40. The van der Waals surface area contributed by atoms with Crippen LogP contribution >= 0.6 is 23.2 Å². The van der Waals surface area contributed by atoms with Gasteiger partial charge in [-0.3, -0.25) is 14.8 Å². The van der Waals surface area contributed by atoms with Crippen LogP contribution in [0.15, 0.2) is 48.5 Å². The summed E-state index contributed by atoms with van der Waals surface area (Å²) in [5.74, 6) is 0. The molecule has 0 saturated heterocycles. The van der Waals surface area contributed by atoms with Gasteiger partial charge in [-0.05, 0) is 49.2 Å². The Hall–Kier alpha value is -2.41. The van der Waals surface area contributed by atoms with Gasteiger partial charge in [0.05, 0.1) is 4.92 Å². The summed E-state index contributed by atoms with van der Waals surface area (Å²) in [6.07, 6.45) is -0.999. The second kappa shape index (κ2) is 7.68. The number of halogens is 2. The minimum absolute atomic E-state index is 0.0581. The SMILES string of the molecule is Cc1nn([C@H](c2ccc(Cl)cc2)[C@H](O)c2ccc(Cl)cc2)c(C)c1[N+](=O)[O-]. The Morgan fingerprint density at radius 2 is 1.48 bits per heavy atom. The molecule has 0 aliphatic heterocycles. The zero-order chi connectivity index (χ0) is 19.7. The zero-order valence-corrected chi connectivity index (χ0v) is 16.1. The van der Waals surface area contributed by atoms with Crippen molar-refractivity contribution in [1.29, 1.82) is 0 Å². The lowest BCUT2D eigenvalue weighted by atomic mass is 9.95. The van der Waals surface area contributed by atoms with Gasteiger partial charge in [0.1, 0.15) is 23.5 Å². The largest absolute Gasteiger partial charge is 0.386 e. The molecule has 0 amide bonds.